The van der Waals surface area contributed by atoms with Crippen molar-refractivity contribution in [2.45, 2.75) is 13.8 Å². The largest absolute Gasteiger partial charge is 0.294 e. The number of halogens is 1. The first-order valence-electron chi connectivity index (χ1n) is 9.62. The minimum atomic E-state index is -0.164. The highest BCUT2D eigenvalue weighted by Gasteiger charge is 2.23. The molecule has 0 unspecified atom stereocenters. The van der Waals surface area contributed by atoms with Crippen molar-refractivity contribution in [3.63, 3.8) is 0 Å². The second-order valence-corrected chi connectivity index (χ2v) is 8.66. The SMILES string of the molecule is CC(=O)c1c(C)nc2sc3c(=O)n(-c4ccccc4)cnc3c2c1-c1ccc(Cl)cc1. The minimum absolute atomic E-state index is 0.0890. The molecule has 0 saturated heterocycles. The smallest absolute Gasteiger partial charge is 0.275 e. The van der Waals surface area contributed by atoms with Crippen molar-refractivity contribution in [2.75, 3.05) is 0 Å². The standard InChI is InChI=1S/C24H16ClN3O2S/c1-13-18(14(2)29)19(15-8-10-16(25)11-9-15)20-21-22(31-23(20)27-13)24(30)28(12-26-21)17-6-4-3-5-7-17/h3-12H,1-2H3. The Hall–Kier alpha value is -3.35. The first kappa shape index (κ1) is 19.6. The summed E-state index contributed by atoms with van der Waals surface area (Å²) in [6, 6.07) is 16.7. The van der Waals surface area contributed by atoms with Crippen molar-refractivity contribution >= 4 is 49.2 Å². The molecular weight excluding hydrogens is 430 g/mol. The highest BCUT2D eigenvalue weighted by molar-refractivity contribution is 7.25. The van der Waals surface area contributed by atoms with Gasteiger partial charge in [0.25, 0.3) is 5.56 Å². The Kier molecular flexibility index (Phi) is 4.68. The van der Waals surface area contributed by atoms with Crippen molar-refractivity contribution in [2.24, 2.45) is 0 Å². The van der Waals surface area contributed by atoms with Crippen LogP contribution in [-0.4, -0.2) is 20.3 Å². The predicted octanol–water partition coefficient (Wildman–Crippen LogP) is 5.83. The number of hydrogen-bond acceptors (Lipinski definition) is 5. The van der Waals surface area contributed by atoms with E-state index >= 15 is 0 Å². The molecule has 5 nitrogen and oxygen atoms in total. The molecule has 0 aliphatic rings. The number of carbonyl (C=O) groups excluding carboxylic acids is 1. The average Bonchev–Trinajstić information content (AvgIpc) is 3.13. The number of benzene rings is 2. The Balaban J connectivity index is 1.92. The number of ketones is 1. The molecule has 152 valence electrons. The van der Waals surface area contributed by atoms with E-state index in [0.29, 0.717) is 31.3 Å². The van der Waals surface area contributed by atoms with E-state index in [-0.39, 0.29) is 11.3 Å². The summed E-state index contributed by atoms with van der Waals surface area (Å²) in [4.78, 5) is 35.9. The summed E-state index contributed by atoms with van der Waals surface area (Å²) < 4.78 is 2.03. The van der Waals surface area contributed by atoms with Gasteiger partial charge in [-0.1, -0.05) is 41.9 Å². The molecule has 5 aromatic rings. The summed E-state index contributed by atoms with van der Waals surface area (Å²) in [5, 5.41) is 1.32. The van der Waals surface area contributed by atoms with Gasteiger partial charge in [0.05, 0.1) is 16.9 Å². The number of hydrogen-bond donors (Lipinski definition) is 0. The molecule has 0 radical (unpaired) electrons. The van der Waals surface area contributed by atoms with E-state index in [1.165, 1.54) is 29.2 Å². The molecule has 5 rings (SSSR count). The number of nitrogens with zero attached hydrogens (tertiary/aromatic N) is 3. The highest BCUT2D eigenvalue weighted by atomic mass is 35.5. The van der Waals surface area contributed by atoms with E-state index in [0.717, 1.165) is 22.2 Å². The van der Waals surface area contributed by atoms with Gasteiger partial charge < -0.3 is 0 Å². The van der Waals surface area contributed by atoms with Crippen LogP contribution in [0.15, 0.2) is 65.7 Å². The molecular formula is C24H16ClN3O2S. The number of rotatable bonds is 3. The van der Waals surface area contributed by atoms with Crippen molar-refractivity contribution in [3.8, 4) is 16.8 Å². The Morgan fingerprint density at radius 1 is 1.06 bits per heavy atom. The van der Waals surface area contributed by atoms with Gasteiger partial charge in [-0.3, -0.25) is 14.2 Å². The van der Waals surface area contributed by atoms with Crippen molar-refractivity contribution in [1.82, 2.24) is 14.5 Å². The molecule has 0 aliphatic heterocycles. The van der Waals surface area contributed by atoms with Crippen molar-refractivity contribution in [3.05, 3.63) is 87.6 Å². The molecule has 0 amide bonds. The third kappa shape index (κ3) is 3.15. The molecule has 31 heavy (non-hydrogen) atoms. The number of thiophene rings is 1. The zero-order valence-corrected chi connectivity index (χ0v) is 18.3. The van der Waals surface area contributed by atoms with Crippen LogP contribution in [0.3, 0.4) is 0 Å². The van der Waals surface area contributed by atoms with Gasteiger partial charge in [0, 0.05) is 21.5 Å². The molecule has 3 aromatic heterocycles. The number of para-hydroxylation sites is 1. The van der Waals surface area contributed by atoms with E-state index in [1.807, 2.05) is 49.4 Å². The first-order chi connectivity index (χ1) is 15.0. The Morgan fingerprint density at radius 3 is 2.45 bits per heavy atom. The monoisotopic (exact) mass is 445 g/mol. The Labute approximate surface area is 186 Å². The number of aromatic nitrogens is 3. The maximum atomic E-state index is 13.3. The summed E-state index contributed by atoms with van der Waals surface area (Å²) in [5.74, 6) is -0.0890. The molecule has 2 aromatic carbocycles. The number of pyridine rings is 1. The van der Waals surface area contributed by atoms with Crippen LogP contribution in [-0.2, 0) is 0 Å². The molecule has 3 heterocycles. The summed E-state index contributed by atoms with van der Waals surface area (Å²) >= 11 is 7.39. The molecule has 0 atom stereocenters. The Bertz CT molecular complexity index is 1540. The molecule has 0 spiro atoms. The quantitative estimate of drug-likeness (QED) is 0.328. The molecule has 7 heteroatoms. The fourth-order valence-electron chi connectivity index (χ4n) is 3.88. The van der Waals surface area contributed by atoms with Gasteiger partial charge in [0.15, 0.2) is 5.78 Å². The lowest BCUT2D eigenvalue weighted by atomic mass is 9.94. The topological polar surface area (TPSA) is 64.8 Å². The lowest BCUT2D eigenvalue weighted by molar-refractivity contribution is 0.101. The van der Waals surface area contributed by atoms with Crippen LogP contribution in [0.1, 0.15) is 23.0 Å². The minimum Gasteiger partial charge on any atom is -0.294 e. The van der Waals surface area contributed by atoms with Crippen LogP contribution in [0.5, 0.6) is 0 Å². The summed E-state index contributed by atoms with van der Waals surface area (Å²) in [6.45, 7) is 3.34. The van der Waals surface area contributed by atoms with Crippen molar-refractivity contribution < 1.29 is 4.79 Å². The van der Waals surface area contributed by atoms with Gasteiger partial charge in [0.2, 0.25) is 0 Å². The molecule has 0 saturated carbocycles. The van der Waals surface area contributed by atoms with E-state index in [2.05, 4.69) is 9.97 Å². The van der Waals surface area contributed by atoms with E-state index in [1.54, 1.807) is 12.1 Å². The van der Waals surface area contributed by atoms with Crippen LogP contribution in [0.2, 0.25) is 5.02 Å². The van der Waals surface area contributed by atoms with Crippen LogP contribution >= 0.6 is 22.9 Å². The first-order valence-corrected chi connectivity index (χ1v) is 10.8. The maximum Gasteiger partial charge on any atom is 0.275 e. The predicted molar refractivity (Wildman–Crippen MR) is 126 cm³/mol. The van der Waals surface area contributed by atoms with Crippen LogP contribution in [0.4, 0.5) is 0 Å². The number of carbonyl (C=O) groups is 1. The third-order valence-corrected chi connectivity index (χ3v) is 6.54. The summed E-state index contributed by atoms with van der Waals surface area (Å²) in [7, 11) is 0. The lowest BCUT2D eigenvalue weighted by Gasteiger charge is -2.12. The highest BCUT2D eigenvalue weighted by Crippen LogP contribution is 2.40. The second kappa shape index (κ2) is 7.41. The van der Waals surface area contributed by atoms with Gasteiger partial charge in [0.1, 0.15) is 15.9 Å². The van der Waals surface area contributed by atoms with E-state index < -0.39 is 0 Å². The molecule has 0 fully saturated rings. The zero-order valence-electron chi connectivity index (χ0n) is 16.7. The third-order valence-electron chi connectivity index (χ3n) is 5.23. The lowest BCUT2D eigenvalue weighted by Crippen LogP contribution is -2.17. The van der Waals surface area contributed by atoms with Crippen LogP contribution < -0.4 is 5.56 Å². The van der Waals surface area contributed by atoms with Gasteiger partial charge in [-0.15, -0.1) is 11.3 Å². The number of fused-ring (bicyclic) bond motifs is 3. The normalized spacial score (nSPS) is 11.3. The molecule has 0 bridgehead atoms. The summed E-state index contributed by atoms with van der Waals surface area (Å²) in [5.41, 5.74) is 3.86. The molecule has 0 aliphatic carbocycles. The van der Waals surface area contributed by atoms with Gasteiger partial charge >= 0.3 is 0 Å². The van der Waals surface area contributed by atoms with Crippen molar-refractivity contribution in [1.29, 1.82) is 0 Å². The second-order valence-electron chi connectivity index (χ2n) is 7.23. The maximum absolute atomic E-state index is 13.3. The Morgan fingerprint density at radius 2 is 1.77 bits per heavy atom. The average molecular weight is 446 g/mol. The molecule has 0 N–H and O–H groups in total. The fraction of sp³-hybridized carbons (Fsp3) is 0.0833. The van der Waals surface area contributed by atoms with Crippen LogP contribution in [0, 0.1) is 6.92 Å². The summed E-state index contributed by atoms with van der Waals surface area (Å²) in [6.07, 6.45) is 1.53. The fourth-order valence-corrected chi connectivity index (χ4v) is 5.12. The van der Waals surface area contributed by atoms with E-state index in [4.69, 9.17) is 11.6 Å². The van der Waals surface area contributed by atoms with Gasteiger partial charge in [-0.2, -0.15) is 0 Å². The number of Topliss-reactive ketones (excluding diaryl/α,β-unsaturated/α-hetero) is 1. The van der Waals surface area contributed by atoms with Crippen LogP contribution in [0.25, 0.3) is 37.2 Å². The van der Waals surface area contributed by atoms with E-state index in [9.17, 15) is 9.59 Å². The van der Waals surface area contributed by atoms with Gasteiger partial charge in [-0.25, -0.2) is 9.97 Å². The zero-order chi connectivity index (χ0) is 21.7. The van der Waals surface area contributed by atoms with Gasteiger partial charge in [-0.05, 0) is 43.7 Å². The number of aryl methyl sites for hydroxylation is 1.